The molecule has 1 N–H and O–H groups in total. The molecule has 1 heterocycles. The smallest absolute Gasteiger partial charge is 0.416 e. The number of halogens is 4. The van der Waals surface area contributed by atoms with Gasteiger partial charge in [0.05, 0.1) is 22.8 Å². The molecule has 1 aliphatic heterocycles. The summed E-state index contributed by atoms with van der Waals surface area (Å²) in [6, 6.07) is 13.1. The Kier molecular flexibility index (Phi) is 6.62. The lowest BCUT2D eigenvalue weighted by atomic mass is 10.1. The SMILES string of the molecule is Cc1cc(COc2cccc3c2CN(c2ccc(C(F)(F)F)cc2Cl)C3=O)ccc1OCC(=O)O. The first-order valence-electron chi connectivity index (χ1n) is 10.4. The maximum atomic E-state index is 13.0. The van der Waals surface area contributed by atoms with E-state index in [0.717, 1.165) is 23.3 Å². The lowest BCUT2D eigenvalue weighted by Crippen LogP contribution is -2.23. The molecule has 0 aliphatic carbocycles. The van der Waals surface area contributed by atoms with Crippen molar-refractivity contribution in [1.29, 1.82) is 0 Å². The minimum atomic E-state index is -4.54. The highest BCUT2D eigenvalue weighted by Crippen LogP contribution is 2.40. The minimum Gasteiger partial charge on any atom is -0.489 e. The summed E-state index contributed by atoms with van der Waals surface area (Å²) in [5.74, 6) is -0.546. The molecule has 0 saturated heterocycles. The number of aryl methyl sites for hydroxylation is 1. The summed E-state index contributed by atoms with van der Waals surface area (Å²) in [5.41, 5.74) is 1.81. The zero-order valence-electron chi connectivity index (χ0n) is 18.4. The van der Waals surface area contributed by atoms with Crippen molar-refractivity contribution in [1.82, 2.24) is 0 Å². The molecule has 4 rings (SSSR count). The number of carboxylic acid groups (broad SMARTS) is 1. The second-order valence-electron chi connectivity index (χ2n) is 7.91. The molecular weight excluding hydrogens is 487 g/mol. The lowest BCUT2D eigenvalue weighted by Gasteiger charge is -2.19. The van der Waals surface area contributed by atoms with Gasteiger partial charge in [-0.1, -0.05) is 23.7 Å². The summed E-state index contributed by atoms with van der Waals surface area (Å²) in [6.45, 7) is 1.60. The average molecular weight is 506 g/mol. The van der Waals surface area contributed by atoms with E-state index in [9.17, 15) is 22.8 Å². The number of benzene rings is 3. The summed E-state index contributed by atoms with van der Waals surface area (Å²) in [7, 11) is 0. The molecule has 3 aromatic carbocycles. The highest BCUT2D eigenvalue weighted by atomic mass is 35.5. The van der Waals surface area contributed by atoms with Gasteiger partial charge in [-0.05, 0) is 60.5 Å². The van der Waals surface area contributed by atoms with Crippen molar-refractivity contribution in [3.05, 3.63) is 87.4 Å². The first-order valence-corrected chi connectivity index (χ1v) is 10.8. The van der Waals surface area contributed by atoms with Crippen LogP contribution in [0.15, 0.2) is 54.6 Å². The van der Waals surface area contributed by atoms with Crippen molar-refractivity contribution < 1.29 is 37.3 Å². The monoisotopic (exact) mass is 505 g/mol. The summed E-state index contributed by atoms with van der Waals surface area (Å²) >= 11 is 6.10. The van der Waals surface area contributed by atoms with Crippen LogP contribution >= 0.6 is 11.6 Å². The van der Waals surface area contributed by atoms with Crippen LogP contribution in [0.1, 0.15) is 32.6 Å². The van der Waals surface area contributed by atoms with E-state index in [1.807, 2.05) is 0 Å². The normalized spacial score (nSPS) is 13.1. The van der Waals surface area contributed by atoms with Crippen LogP contribution in [0.25, 0.3) is 0 Å². The molecule has 0 fully saturated rings. The maximum absolute atomic E-state index is 13.0. The Balaban J connectivity index is 1.51. The van der Waals surface area contributed by atoms with Gasteiger partial charge in [-0.2, -0.15) is 13.2 Å². The molecule has 0 spiro atoms. The highest BCUT2D eigenvalue weighted by Gasteiger charge is 2.35. The Hall–Kier alpha value is -3.72. The van der Waals surface area contributed by atoms with Gasteiger partial charge in [-0.25, -0.2) is 4.79 Å². The van der Waals surface area contributed by atoms with Gasteiger partial charge in [0.25, 0.3) is 5.91 Å². The van der Waals surface area contributed by atoms with Gasteiger partial charge in [0, 0.05) is 11.1 Å². The number of alkyl halides is 3. The number of hydrogen-bond acceptors (Lipinski definition) is 4. The van der Waals surface area contributed by atoms with Crippen LogP contribution in [0, 0.1) is 6.92 Å². The van der Waals surface area contributed by atoms with E-state index in [1.165, 1.54) is 11.0 Å². The topological polar surface area (TPSA) is 76.1 Å². The van der Waals surface area contributed by atoms with E-state index >= 15 is 0 Å². The zero-order valence-corrected chi connectivity index (χ0v) is 19.1. The molecule has 6 nitrogen and oxygen atoms in total. The van der Waals surface area contributed by atoms with Gasteiger partial charge in [-0.15, -0.1) is 0 Å². The number of rotatable bonds is 7. The predicted octanol–water partition coefficient (Wildman–Crippen LogP) is 5.87. The number of carbonyl (C=O) groups excluding carboxylic acids is 1. The molecule has 1 aliphatic rings. The third-order valence-electron chi connectivity index (χ3n) is 5.48. The lowest BCUT2D eigenvalue weighted by molar-refractivity contribution is -0.139. The minimum absolute atomic E-state index is 0.0937. The fraction of sp³-hybridized carbons (Fsp3) is 0.200. The second kappa shape index (κ2) is 9.50. The van der Waals surface area contributed by atoms with Crippen molar-refractivity contribution in [2.75, 3.05) is 11.5 Å². The van der Waals surface area contributed by atoms with Crippen molar-refractivity contribution in [2.45, 2.75) is 26.3 Å². The van der Waals surface area contributed by atoms with Gasteiger partial charge in [0.15, 0.2) is 6.61 Å². The molecule has 35 heavy (non-hydrogen) atoms. The molecule has 3 aromatic rings. The van der Waals surface area contributed by atoms with E-state index in [-0.39, 0.29) is 29.8 Å². The number of anilines is 1. The van der Waals surface area contributed by atoms with Crippen LogP contribution in [0.2, 0.25) is 5.02 Å². The van der Waals surface area contributed by atoms with E-state index in [1.54, 1.807) is 43.3 Å². The number of carboxylic acids is 1. The van der Waals surface area contributed by atoms with Gasteiger partial charge in [0.1, 0.15) is 18.1 Å². The molecule has 0 radical (unpaired) electrons. The number of aliphatic carboxylic acids is 1. The van der Waals surface area contributed by atoms with Crippen LogP contribution in [0.5, 0.6) is 11.5 Å². The Bertz CT molecular complexity index is 1310. The Morgan fingerprint density at radius 2 is 1.86 bits per heavy atom. The first kappa shape index (κ1) is 24.4. The average Bonchev–Trinajstić information content (AvgIpc) is 3.13. The summed E-state index contributed by atoms with van der Waals surface area (Å²) in [4.78, 5) is 25.0. The third kappa shape index (κ3) is 5.19. The van der Waals surface area contributed by atoms with Crippen molar-refractivity contribution in [3.8, 4) is 11.5 Å². The van der Waals surface area contributed by atoms with Crippen LogP contribution in [0.3, 0.4) is 0 Å². The first-order chi connectivity index (χ1) is 16.5. The van der Waals surface area contributed by atoms with Crippen molar-refractivity contribution in [2.24, 2.45) is 0 Å². The van der Waals surface area contributed by atoms with Crippen molar-refractivity contribution >= 4 is 29.2 Å². The van der Waals surface area contributed by atoms with E-state index < -0.39 is 24.3 Å². The van der Waals surface area contributed by atoms with E-state index in [0.29, 0.717) is 22.6 Å². The number of amides is 1. The standard InChI is InChI=1S/C25H19ClF3NO5/c1-14-9-15(5-8-21(14)35-13-23(31)32)12-34-22-4-2-3-17-18(22)11-30(24(17)33)20-7-6-16(10-19(20)26)25(27,28)29/h2-10H,11-13H2,1H3,(H,31,32). The number of nitrogens with zero attached hydrogens (tertiary/aromatic N) is 1. The number of ether oxygens (including phenoxy) is 2. The van der Waals surface area contributed by atoms with Crippen LogP contribution < -0.4 is 14.4 Å². The highest BCUT2D eigenvalue weighted by molar-refractivity contribution is 6.34. The fourth-order valence-electron chi connectivity index (χ4n) is 3.80. The van der Waals surface area contributed by atoms with Crippen LogP contribution in [-0.4, -0.2) is 23.6 Å². The van der Waals surface area contributed by atoms with Crippen LogP contribution in [0.4, 0.5) is 18.9 Å². The van der Waals surface area contributed by atoms with Gasteiger partial charge < -0.3 is 19.5 Å². The summed E-state index contributed by atoms with van der Waals surface area (Å²) in [6.07, 6.45) is -4.54. The zero-order chi connectivity index (χ0) is 25.3. The Morgan fingerprint density at radius 3 is 2.51 bits per heavy atom. The van der Waals surface area contributed by atoms with E-state index in [4.69, 9.17) is 26.2 Å². The molecule has 0 bridgehead atoms. The Morgan fingerprint density at radius 1 is 1.09 bits per heavy atom. The summed E-state index contributed by atoms with van der Waals surface area (Å²) < 4.78 is 50.1. The van der Waals surface area contributed by atoms with Gasteiger partial charge >= 0.3 is 12.1 Å². The fourth-order valence-corrected chi connectivity index (χ4v) is 4.08. The molecule has 1 amide bonds. The maximum Gasteiger partial charge on any atom is 0.416 e. The van der Waals surface area contributed by atoms with Crippen LogP contribution in [-0.2, 0) is 24.1 Å². The largest absolute Gasteiger partial charge is 0.489 e. The number of fused-ring (bicyclic) bond motifs is 1. The molecule has 0 saturated carbocycles. The molecule has 0 aromatic heterocycles. The van der Waals surface area contributed by atoms with Gasteiger partial charge in [0.2, 0.25) is 0 Å². The predicted molar refractivity (Wildman–Crippen MR) is 122 cm³/mol. The van der Waals surface area contributed by atoms with E-state index in [2.05, 4.69) is 0 Å². The molecule has 10 heteroatoms. The van der Waals surface area contributed by atoms with Gasteiger partial charge in [-0.3, -0.25) is 4.79 Å². The molecular formula is C25H19ClF3NO5. The molecule has 182 valence electrons. The second-order valence-corrected chi connectivity index (χ2v) is 8.32. The number of hydrogen-bond donors (Lipinski definition) is 1. The quantitative estimate of drug-likeness (QED) is 0.434. The molecule has 0 unspecified atom stereocenters. The number of carbonyl (C=O) groups is 2. The third-order valence-corrected chi connectivity index (χ3v) is 5.78. The molecule has 0 atom stereocenters. The Labute approximate surface area is 203 Å². The summed E-state index contributed by atoms with van der Waals surface area (Å²) in [5, 5.41) is 8.58. The van der Waals surface area contributed by atoms with Crippen molar-refractivity contribution in [3.63, 3.8) is 0 Å².